The highest BCUT2D eigenvalue weighted by molar-refractivity contribution is 7.98. The van der Waals surface area contributed by atoms with Gasteiger partial charge in [0, 0.05) is 17.3 Å². The number of hydrogen-bond donors (Lipinski definition) is 0. The van der Waals surface area contributed by atoms with Gasteiger partial charge in [-0.3, -0.25) is 0 Å². The van der Waals surface area contributed by atoms with Gasteiger partial charge in [-0.25, -0.2) is 4.39 Å². The average molecular weight is 392 g/mol. The first-order valence-corrected chi connectivity index (χ1v) is 9.61. The molecule has 0 radical (unpaired) electrons. The van der Waals surface area contributed by atoms with Crippen LogP contribution < -0.4 is 4.74 Å². The lowest BCUT2D eigenvalue weighted by atomic mass is 10.2. The maximum Gasteiger partial charge on any atom is 0.191 e. The third-order valence-electron chi connectivity index (χ3n) is 3.86. The van der Waals surface area contributed by atoms with Crippen molar-refractivity contribution < 1.29 is 9.13 Å². The molecule has 4 nitrogen and oxygen atoms in total. The predicted molar refractivity (Wildman–Crippen MR) is 102 cm³/mol. The lowest BCUT2D eigenvalue weighted by molar-refractivity contribution is 0.286. The van der Waals surface area contributed by atoms with E-state index >= 15 is 0 Å². The zero-order valence-corrected chi connectivity index (χ0v) is 16.1. The van der Waals surface area contributed by atoms with Crippen LogP contribution >= 0.6 is 23.4 Å². The highest BCUT2D eigenvalue weighted by atomic mass is 35.5. The van der Waals surface area contributed by atoms with Crippen molar-refractivity contribution in [2.24, 2.45) is 0 Å². The van der Waals surface area contributed by atoms with Crippen LogP contribution in [-0.2, 0) is 18.9 Å². The normalized spacial score (nSPS) is 10.9. The van der Waals surface area contributed by atoms with Crippen LogP contribution in [0.25, 0.3) is 0 Å². The molecule has 0 N–H and O–H groups in total. The van der Waals surface area contributed by atoms with E-state index in [0.29, 0.717) is 17.4 Å². The van der Waals surface area contributed by atoms with Gasteiger partial charge in [0.2, 0.25) is 0 Å². The third kappa shape index (κ3) is 4.56. The molecule has 2 aromatic carbocycles. The highest BCUT2D eigenvalue weighted by Gasteiger charge is 2.13. The molecule has 0 atom stereocenters. The van der Waals surface area contributed by atoms with Crippen LogP contribution in [0.2, 0.25) is 5.02 Å². The van der Waals surface area contributed by atoms with E-state index < -0.39 is 0 Å². The van der Waals surface area contributed by atoms with Crippen LogP contribution in [0.5, 0.6) is 5.75 Å². The number of nitrogens with zero attached hydrogens (tertiary/aromatic N) is 3. The highest BCUT2D eigenvalue weighted by Crippen LogP contribution is 2.25. The van der Waals surface area contributed by atoms with Gasteiger partial charge in [-0.05, 0) is 55.3 Å². The summed E-state index contributed by atoms with van der Waals surface area (Å²) in [4.78, 5) is 0. The van der Waals surface area contributed by atoms with Crippen molar-refractivity contribution in [2.75, 3.05) is 0 Å². The number of thioether (sulfide) groups is 1. The fraction of sp³-hybridized carbons (Fsp3) is 0.263. The van der Waals surface area contributed by atoms with E-state index in [1.807, 2.05) is 36.6 Å². The van der Waals surface area contributed by atoms with Gasteiger partial charge in [0.25, 0.3) is 0 Å². The van der Waals surface area contributed by atoms with Crippen LogP contribution in [0.3, 0.4) is 0 Å². The Morgan fingerprint density at radius 2 is 2.04 bits per heavy atom. The molecule has 0 aliphatic heterocycles. The Balaban J connectivity index is 1.67. The van der Waals surface area contributed by atoms with Crippen LogP contribution in [0.15, 0.2) is 47.6 Å². The largest absolute Gasteiger partial charge is 0.485 e. The summed E-state index contributed by atoms with van der Waals surface area (Å²) < 4.78 is 21.2. The monoisotopic (exact) mass is 391 g/mol. The van der Waals surface area contributed by atoms with Crippen molar-refractivity contribution in [1.29, 1.82) is 0 Å². The van der Waals surface area contributed by atoms with Crippen LogP contribution in [-0.4, -0.2) is 14.8 Å². The summed E-state index contributed by atoms with van der Waals surface area (Å²) >= 11 is 7.50. The van der Waals surface area contributed by atoms with Crippen molar-refractivity contribution in [1.82, 2.24) is 14.8 Å². The topological polar surface area (TPSA) is 39.9 Å². The number of hydrogen-bond acceptors (Lipinski definition) is 4. The standard InChI is InChI=1S/C19H19ClFN3OS/c1-3-24-18(11-25-17-8-7-15(20)9-13(17)2)22-23-19(24)26-12-14-5-4-6-16(21)10-14/h4-10H,3,11-12H2,1-2H3. The van der Waals surface area contributed by atoms with E-state index in [-0.39, 0.29) is 5.82 Å². The number of halogens is 2. The summed E-state index contributed by atoms with van der Waals surface area (Å²) in [7, 11) is 0. The fourth-order valence-corrected chi connectivity index (χ4v) is 3.73. The number of aromatic nitrogens is 3. The minimum absolute atomic E-state index is 0.229. The molecular formula is C19H19ClFN3OS. The minimum Gasteiger partial charge on any atom is -0.485 e. The molecule has 1 aromatic heterocycles. The minimum atomic E-state index is -0.229. The molecule has 136 valence electrons. The molecule has 0 aliphatic carbocycles. The Morgan fingerprint density at radius 3 is 2.77 bits per heavy atom. The second-order valence-corrected chi connectivity index (χ2v) is 7.14. The van der Waals surface area contributed by atoms with Gasteiger partial charge in [-0.2, -0.15) is 0 Å². The molecule has 0 fully saturated rings. The lowest BCUT2D eigenvalue weighted by Crippen LogP contribution is -2.07. The summed E-state index contributed by atoms with van der Waals surface area (Å²) in [6, 6.07) is 12.1. The van der Waals surface area contributed by atoms with Gasteiger partial charge in [0.1, 0.15) is 18.2 Å². The van der Waals surface area contributed by atoms with Crippen molar-refractivity contribution >= 4 is 23.4 Å². The molecule has 0 saturated heterocycles. The predicted octanol–water partition coefficient (Wildman–Crippen LogP) is 5.27. The Bertz CT molecular complexity index is 900. The molecule has 0 saturated carbocycles. The molecule has 0 bridgehead atoms. The third-order valence-corrected chi connectivity index (χ3v) is 5.13. The quantitative estimate of drug-likeness (QED) is 0.514. The summed E-state index contributed by atoms with van der Waals surface area (Å²) in [5, 5.41) is 9.98. The van der Waals surface area contributed by atoms with E-state index in [9.17, 15) is 4.39 Å². The Hall–Kier alpha value is -2.05. The maximum absolute atomic E-state index is 13.3. The summed E-state index contributed by atoms with van der Waals surface area (Å²) in [6.07, 6.45) is 0. The fourth-order valence-electron chi connectivity index (χ4n) is 2.54. The van der Waals surface area contributed by atoms with E-state index in [0.717, 1.165) is 34.4 Å². The number of benzene rings is 2. The van der Waals surface area contributed by atoms with Crippen molar-refractivity contribution in [3.63, 3.8) is 0 Å². The van der Waals surface area contributed by atoms with E-state index in [4.69, 9.17) is 16.3 Å². The molecule has 3 aromatic rings. The van der Waals surface area contributed by atoms with Crippen LogP contribution in [0, 0.1) is 12.7 Å². The molecule has 3 rings (SSSR count). The van der Waals surface area contributed by atoms with E-state index in [1.54, 1.807) is 12.1 Å². The smallest absolute Gasteiger partial charge is 0.191 e. The first-order chi connectivity index (χ1) is 12.6. The van der Waals surface area contributed by atoms with Crippen molar-refractivity contribution in [3.8, 4) is 5.75 Å². The molecule has 0 aliphatic rings. The molecule has 26 heavy (non-hydrogen) atoms. The second-order valence-electron chi connectivity index (χ2n) is 5.76. The Morgan fingerprint density at radius 1 is 1.19 bits per heavy atom. The molecular weight excluding hydrogens is 373 g/mol. The van der Waals surface area contributed by atoms with Crippen LogP contribution in [0.4, 0.5) is 4.39 Å². The van der Waals surface area contributed by atoms with Gasteiger partial charge in [-0.1, -0.05) is 35.5 Å². The summed E-state index contributed by atoms with van der Waals surface area (Å²) in [6.45, 7) is 5.04. The molecule has 0 unspecified atom stereocenters. The SMILES string of the molecule is CCn1c(COc2ccc(Cl)cc2C)nnc1SCc1cccc(F)c1. The lowest BCUT2D eigenvalue weighted by Gasteiger charge is -2.10. The number of rotatable bonds is 7. The van der Waals surface area contributed by atoms with Crippen molar-refractivity contribution in [3.05, 3.63) is 70.3 Å². The second kappa shape index (κ2) is 8.56. The van der Waals surface area contributed by atoms with Crippen molar-refractivity contribution in [2.45, 2.75) is 37.9 Å². The zero-order chi connectivity index (χ0) is 18.5. The zero-order valence-electron chi connectivity index (χ0n) is 14.6. The van der Waals surface area contributed by atoms with Gasteiger partial charge in [0.15, 0.2) is 11.0 Å². The Labute approximate surface area is 161 Å². The Kier molecular flexibility index (Phi) is 6.16. The van der Waals surface area contributed by atoms with Gasteiger partial charge >= 0.3 is 0 Å². The summed E-state index contributed by atoms with van der Waals surface area (Å²) in [5.41, 5.74) is 1.89. The van der Waals surface area contributed by atoms with Crippen LogP contribution in [0.1, 0.15) is 23.9 Å². The first-order valence-electron chi connectivity index (χ1n) is 8.25. The van der Waals surface area contributed by atoms with E-state index in [1.165, 1.54) is 23.9 Å². The van der Waals surface area contributed by atoms with Gasteiger partial charge in [-0.15, -0.1) is 10.2 Å². The first kappa shape index (κ1) is 18.7. The molecule has 1 heterocycles. The number of ether oxygens (including phenoxy) is 1. The maximum atomic E-state index is 13.3. The summed E-state index contributed by atoms with van der Waals surface area (Å²) in [5.74, 6) is 1.93. The average Bonchev–Trinajstić information content (AvgIpc) is 3.01. The number of aryl methyl sites for hydroxylation is 1. The van der Waals surface area contributed by atoms with Gasteiger partial charge in [0.05, 0.1) is 0 Å². The van der Waals surface area contributed by atoms with E-state index in [2.05, 4.69) is 10.2 Å². The van der Waals surface area contributed by atoms with Gasteiger partial charge < -0.3 is 9.30 Å². The molecule has 0 amide bonds. The molecule has 0 spiro atoms. The molecule has 7 heteroatoms.